The molecule has 7 heteroatoms. The number of piperazine rings is 2. The molecule has 0 aromatic heterocycles. The molecule has 8 unspecified atom stereocenters. The van der Waals surface area contributed by atoms with Crippen molar-refractivity contribution in [2.75, 3.05) is 45.4 Å². The second kappa shape index (κ2) is 4.59. The van der Waals surface area contributed by atoms with Gasteiger partial charge in [0.2, 0.25) is 0 Å². The van der Waals surface area contributed by atoms with E-state index in [0.29, 0.717) is 17.2 Å². The van der Waals surface area contributed by atoms with Gasteiger partial charge in [0.1, 0.15) is 0 Å². The molecule has 0 aromatic rings. The summed E-state index contributed by atoms with van der Waals surface area (Å²) in [5.74, 6) is 9.29. The van der Waals surface area contributed by atoms with E-state index >= 15 is 0 Å². The van der Waals surface area contributed by atoms with Crippen molar-refractivity contribution in [3.63, 3.8) is 0 Å². The first-order chi connectivity index (χ1) is 22.8. The van der Waals surface area contributed by atoms with E-state index < -0.39 is 6.51 Å². The number of fused-ring (bicyclic) bond motifs is 10. The van der Waals surface area contributed by atoms with Gasteiger partial charge in [0, 0.05) is 0 Å². The van der Waals surface area contributed by atoms with Crippen LogP contribution in [0.25, 0.3) is 0 Å². The summed E-state index contributed by atoms with van der Waals surface area (Å²) in [6.07, 6.45) is 18.7. The molecule has 12 aliphatic heterocycles. The molecule has 8 aliphatic carbocycles. The zero-order chi connectivity index (χ0) is 29.8. The van der Waals surface area contributed by atoms with Crippen LogP contribution in [0.15, 0.2) is 0 Å². The molecule has 0 radical (unpaired) electrons. The summed E-state index contributed by atoms with van der Waals surface area (Å²) in [4.78, 5) is 11.3. The van der Waals surface area contributed by atoms with Crippen molar-refractivity contribution in [2.45, 2.75) is 140 Å². The fourth-order valence-electron chi connectivity index (χ4n) is 31.0. The molecule has 1 spiro atoms. The van der Waals surface area contributed by atoms with E-state index in [1.807, 2.05) is 6.16 Å². The van der Waals surface area contributed by atoms with Crippen molar-refractivity contribution in [1.29, 1.82) is 0 Å². The zero-order valence-corrected chi connectivity index (χ0v) is 31.6. The van der Waals surface area contributed by atoms with Crippen molar-refractivity contribution in [3.8, 4) is 0 Å². The van der Waals surface area contributed by atoms with Crippen LogP contribution in [0.5, 0.6) is 0 Å². The summed E-state index contributed by atoms with van der Waals surface area (Å²) < 4.78 is 1.83. The van der Waals surface area contributed by atoms with Crippen LogP contribution in [0.3, 0.4) is 0 Å². The number of rotatable bonds is 7. The van der Waals surface area contributed by atoms with Gasteiger partial charge < -0.3 is 0 Å². The molecule has 4 N–H and O–H groups in total. The van der Waals surface area contributed by atoms with Crippen molar-refractivity contribution in [2.24, 2.45) is 47.3 Å². The minimum absolute atomic E-state index is 0.173. The van der Waals surface area contributed by atoms with Gasteiger partial charge in [0.05, 0.1) is 0 Å². The van der Waals surface area contributed by atoms with E-state index in [2.05, 4.69) is 30.5 Å². The molecule has 20 aliphatic rings. The van der Waals surface area contributed by atoms with Gasteiger partial charge in [-0.2, -0.15) is 0 Å². The molecular formula is C40H60FeN4P2. The third-order valence-electron chi connectivity index (χ3n) is 28.6. The summed E-state index contributed by atoms with van der Waals surface area (Å²) >= 11 is 0. The van der Waals surface area contributed by atoms with Crippen molar-refractivity contribution >= 4 is 17.2 Å². The molecule has 8 atom stereocenters. The van der Waals surface area contributed by atoms with Crippen LogP contribution >= 0.6 is 17.2 Å². The number of nitrogens with one attached hydrogen (secondary N) is 4. The molecule has 4 nitrogen and oxygen atoms in total. The average molecular weight is 715 g/mol. The molecule has 12 saturated heterocycles. The fraction of sp³-hybridized carbons (Fsp3) is 1.00. The summed E-state index contributed by atoms with van der Waals surface area (Å²) in [5.41, 5.74) is 2.45. The van der Waals surface area contributed by atoms with Gasteiger partial charge in [0.25, 0.3) is 0 Å². The van der Waals surface area contributed by atoms with Gasteiger partial charge >= 0.3 is 278 Å². The van der Waals surface area contributed by atoms with Crippen LogP contribution in [-0.2, 0) is 6.51 Å². The Morgan fingerprint density at radius 3 is 1.38 bits per heavy atom. The maximum absolute atomic E-state index is 4.35. The quantitative estimate of drug-likeness (QED) is 0.170. The van der Waals surface area contributed by atoms with E-state index in [9.17, 15) is 0 Å². The molecular weight excluding hydrogens is 654 g/mol. The minimum atomic E-state index is -3.78. The van der Waals surface area contributed by atoms with Crippen molar-refractivity contribution < 1.29 is 6.51 Å². The Hall–Kier alpha value is 1.22. The van der Waals surface area contributed by atoms with E-state index in [0.717, 1.165) is 32.3 Å². The van der Waals surface area contributed by atoms with Crippen LogP contribution in [-0.4, -0.2) is 74.0 Å². The average Bonchev–Trinajstić information content (AvgIpc) is 4.03. The van der Waals surface area contributed by atoms with E-state index in [1.54, 1.807) is 64.2 Å². The molecule has 8 saturated carbocycles. The summed E-state index contributed by atoms with van der Waals surface area (Å²) in [7, 11) is 4.15. The van der Waals surface area contributed by atoms with Crippen LogP contribution in [0.1, 0.15) is 64.2 Å². The summed E-state index contributed by atoms with van der Waals surface area (Å²) in [5, 5.41) is 17.1. The Bertz CT molecular complexity index is 1860. The SMILES string of the molecule is PC(C1CNCCN1)(C1CNCCN1)[C]12[CH]3[CH]4[CH]5[C]1(CP(C1C6CC7CC(C6)CC1C7)C1C6CC7CC(C6)CC1C7)[Fe]45321678[CH]2[CH]1[CH]6[CH]7[CH]28. The Morgan fingerprint density at radius 1 is 0.574 bits per heavy atom. The third kappa shape index (κ3) is 0.864. The van der Waals surface area contributed by atoms with Gasteiger partial charge in [-0.05, 0) is 0 Å². The van der Waals surface area contributed by atoms with Gasteiger partial charge in [-0.15, -0.1) is 0 Å². The van der Waals surface area contributed by atoms with E-state index in [4.69, 9.17) is 0 Å². The van der Waals surface area contributed by atoms with Crippen LogP contribution in [0, 0.1) is 47.3 Å². The molecule has 20 rings (SSSR count). The van der Waals surface area contributed by atoms with Crippen molar-refractivity contribution in [1.82, 2.24) is 21.3 Å². The number of hydrogen-bond acceptors (Lipinski definition) is 4. The Morgan fingerprint density at radius 2 is 1.02 bits per heavy atom. The first-order valence-corrected chi connectivity index (χ1v) is 29.9. The first kappa shape index (κ1) is 25.3. The molecule has 0 amide bonds. The summed E-state index contributed by atoms with van der Waals surface area (Å²) in [6, 6.07) is 1.34. The topological polar surface area (TPSA) is 48.1 Å². The number of hydrogen-bond donors (Lipinski definition) is 4. The second-order valence-electron chi connectivity index (χ2n) is 24.8. The van der Waals surface area contributed by atoms with Gasteiger partial charge in [-0.1, -0.05) is 0 Å². The Balaban J connectivity index is 0.871. The predicted molar refractivity (Wildman–Crippen MR) is 191 cm³/mol. The molecule has 12 heterocycles. The first-order valence-electron chi connectivity index (χ1n) is 21.5. The van der Waals surface area contributed by atoms with E-state index in [1.165, 1.54) is 113 Å². The molecule has 47 heavy (non-hydrogen) atoms. The van der Waals surface area contributed by atoms with Crippen LogP contribution < -0.4 is 21.3 Å². The van der Waals surface area contributed by atoms with Gasteiger partial charge in [-0.25, -0.2) is 0 Å². The fourth-order valence-corrected chi connectivity index (χ4v) is 120. The molecule has 258 valence electrons. The molecule has 8 bridgehead atoms. The Kier molecular flexibility index (Phi) is 2.47. The summed E-state index contributed by atoms with van der Waals surface area (Å²) in [6.45, 7) is 3.46. The monoisotopic (exact) mass is 714 g/mol. The van der Waals surface area contributed by atoms with Gasteiger partial charge in [0.15, 0.2) is 0 Å². The Labute approximate surface area is 276 Å². The van der Waals surface area contributed by atoms with E-state index in [-0.39, 0.29) is 7.92 Å². The van der Waals surface area contributed by atoms with Crippen molar-refractivity contribution in [3.05, 3.63) is 0 Å². The predicted octanol–water partition coefficient (Wildman–Crippen LogP) is 6.98. The van der Waals surface area contributed by atoms with Crippen LogP contribution in [0.4, 0.5) is 0 Å². The van der Waals surface area contributed by atoms with Gasteiger partial charge in [-0.3, -0.25) is 0 Å². The third-order valence-corrected chi connectivity index (χ3v) is 78.0. The second-order valence-corrected chi connectivity index (χ2v) is 51.6. The standard InChI is InChI=1S/C35H55N4P2.C5H5.Fe/c40-35(31-18-36-4-6-38-31,32-19-37-5-7-39-32)30-3-1-2-25(30)20-41(33-26-10-21-8-22(12-26)13-27(33)11-21)34-28-14-23-9-24(16-28)17-29(34)15-23;1-2-4-5-3-1;/h1-3,21-24,26-29,31-34,36-39H,4-20,40H2;1-5H;. The normalized spacial score (nSPS) is 84.9. The maximum atomic E-state index is 4.35. The molecule has 20 fully saturated rings. The zero-order valence-electron chi connectivity index (χ0n) is 28.4. The van der Waals surface area contributed by atoms with Crippen LogP contribution in [0.2, 0.25) is 47.2 Å². The molecule has 0 aromatic carbocycles.